The summed E-state index contributed by atoms with van der Waals surface area (Å²) in [7, 11) is -17.7. The molecule has 0 radical (unpaired) electrons. The van der Waals surface area contributed by atoms with E-state index >= 15 is 0 Å². The lowest BCUT2D eigenvalue weighted by Gasteiger charge is -2.15. The van der Waals surface area contributed by atoms with Crippen LogP contribution >= 0.6 is 11.6 Å². The van der Waals surface area contributed by atoms with Crippen LogP contribution in [0.25, 0.3) is 10.8 Å². The quantitative estimate of drug-likeness (QED) is 0.0756. The van der Waals surface area contributed by atoms with Gasteiger partial charge in [-0.1, -0.05) is 13.2 Å². The highest BCUT2D eigenvalue weighted by molar-refractivity contribution is 7.94. The van der Waals surface area contributed by atoms with E-state index in [1.165, 1.54) is 48.5 Å². The lowest BCUT2D eigenvalue weighted by Crippen LogP contribution is -2.06. The topological polar surface area (TPSA) is 285 Å². The smallest absolute Gasteiger partial charge is 0.296 e. The first-order valence-corrected chi connectivity index (χ1v) is 20.2. The average Bonchev–Trinajstić information content (AvgIpc) is 3.07. The summed E-state index contributed by atoms with van der Waals surface area (Å²) in [5, 5.41) is 24.9. The van der Waals surface area contributed by atoms with Crippen molar-refractivity contribution in [1.29, 1.82) is 0 Å². The van der Waals surface area contributed by atoms with Crippen molar-refractivity contribution in [2.45, 2.75) is 19.6 Å². The van der Waals surface area contributed by atoms with Crippen LogP contribution in [0.1, 0.15) is 0 Å². The van der Waals surface area contributed by atoms with Crippen molar-refractivity contribution in [3.63, 3.8) is 0 Å². The summed E-state index contributed by atoms with van der Waals surface area (Å²) in [5.74, 6) is -1.54. The van der Waals surface area contributed by atoms with Crippen molar-refractivity contribution < 1.29 is 47.9 Å². The summed E-state index contributed by atoms with van der Waals surface area (Å²) < 4.78 is 117. The summed E-state index contributed by atoms with van der Waals surface area (Å²) in [6.45, 7) is 6.50. The molecule has 1 aromatic heterocycles. The van der Waals surface area contributed by atoms with Gasteiger partial charge in [0, 0.05) is 21.9 Å². The fourth-order valence-electron chi connectivity index (χ4n) is 4.44. The first kappa shape index (κ1) is 37.9. The molecule has 0 saturated heterocycles. The Kier molecular flexibility index (Phi) is 10.2. The van der Waals surface area contributed by atoms with Gasteiger partial charge in [0.1, 0.15) is 10.6 Å². The predicted molar refractivity (Wildman–Crippen MR) is 188 cm³/mol. The summed E-state index contributed by atoms with van der Waals surface area (Å²) in [4.78, 5) is 10.0. The minimum absolute atomic E-state index is 0.0132. The molecule has 5 N–H and O–H groups in total. The molecule has 4 aromatic carbocycles. The molecule has 5 rings (SSSR count). The van der Waals surface area contributed by atoms with Crippen molar-refractivity contribution in [3.05, 3.63) is 96.0 Å². The molecule has 1 heterocycles. The number of hydrogen-bond acceptors (Lipinski definition) is 16. The van der Waals surface area contributed by atoms with E-state index in [9.17, 15) is 47.9 Å². The van der Waals surface area contributed by atoms with Crippen LogP contribution in [0.4, 0.5) is 34.6 Å². The third-order valence-electron chi connectivity index (χ3n) is 6.86. The number of fused-ring (bicyclic) bond motifs is 1. The van der Waals surface area contributed by atoms with Gasteiger partial charge >= 0.3 is 0 Å². The van der Waals surface area contributed by atoms with E-state index in [0.29, 0.717) is 5.69 Å². The highest BCUT2D eigenvalue weighted by Gasteiger charge is 2.26. The summed E-state index contributed by atoms with van der Waals surface area (Å²) in [5.41, 5.74) is -0.886. The van der Waals surface area contributed by atoms with Crippen molar-refractivity contribution in [2.24, 2.45) is 10.2 Å². The molecule has 0 amide bonds. The summed E-state index contributed by atoms with van der Waals surface area (Å²) >= 11 is 6.10. The van der Waals surface area contributed by atoms with Crippen molar-refractivity contribution in [1.82, 2.24) is 15.0 Å². The van der Waals surface area contributed by atoms with E-state index in [2.05, 4.69) is 49.0 Å². The van der Waals surface area contributed by atoms with E-state index in [1.807, 2.05) is 0 Å². The van der Waals surface area contributed by atoms with Crippen LogP contribution in [-0.4, -0.2) is 62.8 Å². The summed E-state index contributed by atoms with van der Waals surface area (Å²) in [6, 6.07) is 12.5. The molecule has 270 valence electrons. The van der Waals surface area contributed by atoms with E-state index in [4.69, 9.17) is 11.6 Å². The second-order valence-corrected chi connectivity index (χ2v) is 17.2. The van der Waals surface area contributed by atoms with Gasteiger partial charge in [0.2, 0.25) is 17.2 Å². The molecule has 5 aromatic rings. The van der Waals surface area contributed by atoms with E-state index < -0.39 is 66.4 Å². The largest absolute Gasteiger partial charge is 0.505 e. The molecule has 0 fully saturated rings. The van der Waals surface area contributed by atoms with E-state index in [0.717, 1.165) is 29.0 Å². The number of halogens is 1. The number of azo groups is 1. The van der Waals surface area contributed by atoms with E-state index in [-0.39, 0.29) is 43.8 Å². The normalized spacial score (nSPS) is 12.5. The number of hydrogen-bond donors (Lipinski definition) is 5. The van der Waals surface area contributed by atoms with Gasteiger partial charge in [0.15, 0.2) is 25.4 Å². The molecule has 0 spiro atoms. The minimum Gasteiger partial charge on any atom is -0.505 e. The third-order valence-corrected chi connectivity index (χ3v) is 11.5. The van der Waals surface area contributed by atoms with Crippen LogP contribution in [0.5, 0.6) is 5.75 Å². The Labute approximate surface area is 300 Å². The Morgan fingerprint density at radius 1 is 0.673 bits per heavy atom. The Morgan fingerprint density at radius 2 is 1.21 bits per heavy atom. The number of rotatable bonds is 12. The molecular formula is C29H22ClN7O11S4. The maximum absolute atomic E-state index is 12.4. The number of aromatic nitrogens is 3. The zero-order valence-electron chi connectivity index (χ0n) is 25.8. The van der Waals surface area contributed by atoms with Gasteiger partial charge in [-0.2, -0.15) is 36.9 Å². The molecule has 0 aliphatic rings. The highest BCUT2D eigenvalue weighted by Crippen LogP contribution is 2.45. The molecule has 23 heteroatoms. The lowest BCUT2D eigenvalue weighted by atomic mass is 10.1. The molecule has 0 aliphatic carbocycles. The van der Waals surface area contributed by atoms with Crippen LogP contribution in [0.15, 0.2) is 121 Å². The van der Waals surface area contributed by atoms with Crippen LogP contribution in [0, 0.1) is 0 Å². The number of aromatic hydroxyl groups is 1. The molecule has 0 aliphatic heterocycles. The SMILES string of the molecule is C=CS(=O)(=O)c1ccc(N=Nc2c(S(=O)(=O)O)cc3cc(S(=O)(=O)O)cc(Nc4nc(Cl)nc(Nc5ccc(S(=O)(=O)C=C)cc5)n4)c3c2O)cc1. The van der Waals surface area contributed by atoms with Crippen LogP contribution in [0.2, 0.25) is 5.28 Å². The molecule has 0 atom stereocenters. The first-order chi connectivity index (χ1) is 24.2. The number of nitrogens with zero attached hydrogens (tertiary/aromatic N) is 5. The molecule has 52 heavy (non-hydrogen) atoms. The van der Waals surface area contributed by atoms with Gasteiger partial charge in [0.05, 0.1) is 26.1 Å². The lowest BCUT2D eigenvalue weighted by molar-refractivity contribution is 0.472. The van der Waals surface area contributed by atoms with Gasteiger partial charge in [0.25, 0.3) is 20.2 Å². The Bertz CT molecular complexity index is 2760. The monoisotopic (exact) mass is 807 g/mol. The van der Waals surface area contributed by atoms with Gasteiger partial charge in [-0.3, -0.25) is 9.11 Å². The van der Waals surface area contributed by atoms with Crippen molar-refractivity contribution in [2.75, 3.05) is 10.6 Å². The van der Waals surface area contributed by atoms with Gasteiger partial charge in [-0.15, -0.1) is 5.11 Å². The highest BCUT2D eigenvalue weighted by atomic mass is 35.5. The number of phenols is 1. The number of phenolic OH excluding ortho intramolecular Hbond substituents is 1. The Morgan fingerprint density at radius 3 is 1.73 bits per heavy atom. The zero-order valence-corrected chi connectivity index (χ0v) is 29.8. The number of benzene rings is 4. The van der Waals surface area contributed by atoms with Crippen LogP contribution in [0.3, 0.4) is 0 Å². The second kappa shape index (κ2) is 14.0. The first-order valence-electron chi connectivity index (χ1n) is 13.8. The number of sulfone groups is 2. The second-order valence-electron chi connectivity index (χ2n) is 10.2. The fourth-order valence-corrected chi connectivity index (χ4v) is 7.22. The average molecular weight is 808 g/mol. The third kappa shape index (κ3) is 8.23. The van der Waals surface area contributed by atoms with Crippen molar-refractivity contribution >= 4 is 96.9 Å². The van der Waals surface area contributed by atoms with Crippen LogP contribution in [-0.2, 0) is 39.9 Å². The maximum atomic E-state index is 12.4. The van der Waals surface area contributed by atoms with E-state index in [1.54, 1.807) is 0 Å². The number of anilines is 4. The fraction of sp³-hybridized carbons (Fsp3) is 0. The Hall–Kier alpha value is -5.36. The zero-order chi connectivity index (χ0) is 38.2. The molecule has 18 nitrogen and oxygen atoms in total. The molecule has 0 unspecified atom stereocenters. The standard InChI is InChI=1S/C29H22ClN7O11S4/c1-3-49(39,40)19-9-5-17(6-10-19)31-28-33-27(30)34-29(35-28)32-22-15-21(51(43,44)45)13-16-14-23(52(46,47)48)25(26(38)24(16)22)37-36-18-7-11-20(12-8-18)50(41,42)4-2/h3-15,38H,1-2H2,(H,43,44,45)(H,46,47,48)(H2,31,32,33,34,35). The van der Waals surface area contributed by atoms with Gasteiger partial charge in [-0.25, -0.2) is 16.8 Å². The van der Waals surface area contributed by atoms with Crippen LogP contribution < -0.4 is 10.6 Å². The molecular weight excluding hydrogens is 786 g/mol. The predicted octanol–water partition coefficient (Wildman–Crippen LogP) is 5.61. The maximum Gasteiger partial charge on any atom is 0.296 e. The van der Waals surface area contributed by atoms with Crippen molar-refractivity contribution in [3.8, 4) is 5.75 Å². The Balaban J connectivity index is 1.63. The minimum atomic E-state index is -5.19. The number of nitrogens with one attached hydrogen (secondary N) is 2. The van der Waals surface area contributed by atoms with Gasteiger partial charge in [-0.05, 0) is 83.7 Å². The molecule has 0 saturated carbocycles. The molecule has 0 bridgehead atoms. The summed E-state index contributed by atoms with van der Waals surface area (Å²) in [6.07, 6.45) is 0. The van der Waals surface area contributed by atoms with Gasteiger partial charge < -0.3 is 15.7 Å².